The van der Waals surface area contributed by atoms with Crippen molar-refractivity contribution in [2.24, 2.45) is 0 Å². The van der Waals surface area contributed by atoms with Gasteiger partial charge in [-0.05, 0) is 37.1 Å². The van der Waals surface area contributed by atoms with Crippen molar-refractivity contribution >= 4 is 17.3 Å². The molecule has 0 aliphatic heterocycles. The topological polar surface area (TPSA) is 116 Å². The summed E-state index contributed by atoms with van der Waals surface area (Å²) in [6.07, 6.45) is -0.188. The molecule has 1 aromatic carbocycles. The van der Waals surface area contributed by atoms with Crippen molar-refractivity contribution in [3.05, 3.63) is 77.4 Å². The molecule has 0 amide bonds. The molecule has 0 aliphatic carbocycles. The molecule has 11 heteroatoms. The summed E-state index contributed by atoms with van der Waals surface area (Å²) in [5, 5.41) is 25.3. The van der Waals surface area contributed by atoms with Crippen LogP contribution in [0, 0.1) is 11.3 Å². The van der Waals surface area contributed by atoms with Gasteiger partial charge in [-0.3, -0.25) is 4.98 Å². The normalized spacial score (nSPS) is 11.4. The summed E-state index contributed by atoms with van der Waals surface area (Å²) in [7, 11) is 0. The molecule has 0 unspecified atom stereocenters. The Kier molecular flexibility index (Phi) is 6.14. The number of nitrogens with one attached hydrogen (secondary N) is 1. The maximum absolute atomic E-state index is 12.9. The minimum Gasteiger partial charge on any atom is -0.476 e. The summed E-state index contributed by atoms with van der Waals surface area (Å²) >= 11 is 0. The third-order valence-electron chi connectivity index (χ3n) is 5.04. The zero-order valence-corrected chi connectivity index (χ0v) is 17.5. The third-order valence-corrected chi connectivity index (χ3v) is 5.04. The highest BCUT2D eigenvalue weighted by Crippen LogP contribution is 2.31. The average Bonchev–Trinajstić information content (AvgIpc) is 3.26. The van der Waals surface area contributed by atoms with Gasteiger partial charge in [-0.25, -0.2) is 14.3 Å². The molecule has 8 nitrogen and oxygen atoms in total. The van der Waals surface area contributed by atoms with Crippen LogP contribution in [-0.2, 0) is 12.6 Å². The van der Waals surface area contributed by atoms with Gasteiger partial charge in [0.2, 0.25) is 0 Å². The van der Waals surface area contributed by atoms with Gasteiger partial charge in [0, 0.05) is 30.1 Å². The van der Waals surface area contributed by atoms with Gasteiger partial charge >= 0.3 is 12.1 Å². The zero-order chi connectivity index (χ0) is 24.3. The van der Waals surface area contributed by atoms with Gasteiger partial charge < -0.3 is 10.4 Å². The van der Waals surface area contributed by atoms with Crippen molar-refractivity contribution in [3.63, 3.8) is 0 Å². The molecule has 0 spiro atoms. The van der Waals surface area contributed by atoms with E-state index in [2.05, 4.69) is 20.4 Å². The van der Waals surface area contributed by atoms with Gasteiger partial charge in [-0.2, -0.15) is 23.5 Å². The van der Waals surface area contributed by atoms with Gasteiger partial charge in [0.05, 0.1) is 23.0 Å². The van der Waals surface area contributed by atoms with Crippen LogP contribution in [0.1, 0.15) is 33.7 Å². The maximum Gasteiger partial charge on any atom is 0.416 e. The predicted octanol–water partition coefficient (Wildman–Crippen LogP) is 4.42. The monoisotopic (exact) mass is 466 g/mol. The Morgan fingerprint density at radius 2 is 1.94 bits per heavy atom. The van der Waals surface area contributed by atoms with E-state index < -0.39 is 17.7 Å². The molecule has 0 saturated heterocycles. The fraction of sp³-hybridized carbons (Fsp3) is 0.174. The number of hydrogen-bond acceptors (Lipinski definition) is 6. The highest BCUT2D eigenvalue weighted by atomic mass is 19.4. The predicted molar refractivity (Wildman–Crippen MR) is 116 cm³/mol. The van der Waals surface area contributed by atoms with Crippen molar-refractivity contribution in [3.8, 4) is 17.3 Å². The Morgan fingerprint density at radius 1 is 1.18 bits per heavy atom. The Morgan fingerprint density at radius 3 is 2.56 bits per heavy atom. The minimum atomic E-state index is -4.45. The third kappa shape index (κ3) is 4.96. The Hall–Kier alpha value is -4.46. The van der Waals surface area contributed by atoms with Crippen LogP contribution in [0.2, 0.25) is 0 Å². The Labute approximate surface area is 191 Å². The number of aryl methyl sites for hydroxylation is 1. The first kappa shape index (κ1) is 22.7. The summed E-state index contributed by atoms with van der Waals surface area (Å²) < 4.78 is 40.0. The van der Waals surface area contributed by atoms with Crippen LogP contribution in [0.5, 0.6) is 0 Å². The molecule has 0 fully saturated rings. The van der Waals surface area contributed by atoms with Crippen LogP contribution in [-0.4, -0.2) is 37.2 Å². The summed E-state index contributed by atoms with van der Waals surface area (Å²) in [4.78, 5) is 20.1. The van der Waals surface area contributed by atoms with Crippen molar-refractivity contribution in [2.45, 2.75) is 19.0 Å². The minimum absolute atomic E-state index is 0.184. The van der Waals surface area contributed by atoms with E-state index in [-0.39, 0.29) is 5.69 Å². The molecule has 4 aromatic rings. The van der Waals surface area contributed by atoms with E-state index in [0.29, 0.717) is 47.5 Å². The molecule has 3 aromatic heterocycles. The number of carbonyl (C=O) groups is 1. The van der Waals surface area contributed by atoms with Crippen molar-refractivity contribution in [2.75, 3.05) is 11.9 Å². The van der Waals surface area contributed by atoms with Gasteiger partial charge in [0.1, 0.15) is 11.6 Å². The van der Waals surface area contributed by atoms with Gasteiger partial charge in [-0.15, -0.1) is 0 Å². The highest BCUT2D eigenvalue weighted by molar-refractivity contribution is 5.88. The van der Waals surface area contributed by atoms with Crippen LogP contribution < -0.4 is 5.32 Å². The number of rotatable bonds is 7. The number of aromatic carboxylic acids is 1. The molecule has 0 saturated carbocycles. The first-order valence-electron chi connectivity index (χ1n) is 10.1. The summed E-state index contributed by atoms with van der Waals surface area (Å²) in [6.45, 7) is 0.467. The Balaban J connectivity index is 1.57. The molecular weight excluding hydrogens is 449 g/mol. The fourth-order valence-electron chi connectivity index (χ4n) is 3.31. The van der Waals surface area contributed by atoms with E-state index in [0.717, 1.165) is 17.8 Å². The summed E-state index contributed by atoms with van der Waals surface area (Å²) in [5.41, 5.74) is 1.50. The van der Waals surface area contributed by atoms with Crippen LogP contribution in [0.25, 0.3) is 16.8 Å². The SMILES string of the molecule is N#Cc1ccc(CCCNc2nc(-c3ccc(C(F)(F)F)cc3)cn3nc(C(=O)O)cc23)nc1. The van der Waals surface area contributed by atoms with Crippen LogP contribution in [0.3, 0.4) is 0 Å². The molecule has 0 atom stereocenters. The number of benzene rings is 1. The number of pyridine rings is 1. The van der Waals surface area contributed by atoms with Gasteiger partial charge in [0.15, 0.2) is 11.5 Å². The van der Waals surface area contributed by atoms with E-state index in [1.54, 1.807) is 12.1 Å². The number of carboxylic acids is 1. The standard InChI is InChI=1S/C23H17F3N6O2/c24-23(25,26)16-6-4-15(5-7-16)19-13-32-20(10-18(31-32)22(33)34)21(30-19)28-9-1-2-17-8-3-14(11-27)12-29-17/h3-8,10,12-13H,1-2,9H2,(H,28,30)(H,33,34). The van der Waals surface area contributed by atoms with Crippen LogP contribution in [0.4, 0.5) is 19.0 Å². The first-order chi connectivity index (χ1) is 16.2. The molecule has 2 N–H and O–H groups in total. The molecule has 34 heavy (non-hydrogen) atoms. The number of carboxylic acid groups (broad SMARTS) is 1. The van der Waals surface area contributed by atoms with Gasteiger partial charge in [0.25, 0.3) is 0 Å². The molecule has 0 aliphatic rings. The first-order valence-corrected chi connectivity index (χ1v) is 10.1. The number of aromatic nitrogens is 4. The van der Waals surface area contributed by atoms with Crippen LogP contribution >= 0.6 is 0 Å². The number of nitriles is 1. The fourth-order valence-corrected chi connectivity index (χ4v) is 3.31. The van der Waals surface area contributed by atoms with Crippen LogP contribution in [0.15, 0.2) is 54.9 Å². The number of fused-ring (bicyclic) bond motifs is 1. The zero-order valence-electron chi connectivity index (χ0n) is 17.5. The lowest BCUT2D eigenvalue weighted by Crippen LogP contribution is -2.08. The maximum atomic E-state index is 12.9. The van der Waals surface area contributed by atoms with E-state index in [1.807, 2.05) is 6.07 Å². The van der Waals surface area contributed by atoms with Crippen molar-refractivity contribution in [1.29, 1.82) is 5.26 Å². The molecule has 3 heterocycles. The second-order valence-electron chi connectivity index (χ2n) is 7.39. The smallest absolute Gasteiger partial charge is 0.416 e. The van der Waals surface area contributed by atoms with Gasteiger partial charge in [-0.1, -0.05) is 12.1 Å². The quantitative estimate of drug-likeness (QED) is 0.387. The lowest BCUT2D eigenvalue weighted by atomic mass is 10.1. The van der Waals surface area contributed by atoms with Crippen molar-refractivity contribution in [1.82, 2.24) is 19.6 Å². The number of anilines is 1. The van der Waals surface area contributed by atoms with E-state index in [4.69, 9.17) is 5.26 Å². The average molecular weight is 466 g/mol. The molecule has 0 bridgehead atoms. The lowest BCUT2D eigenvalue weighted by molar-refractivity contribution is -0.137. The lowest BCUT2D eigenvalue weighted by Gasteiger charge is -2.11. The van der Waals surface area contributed by atoms with Crippen molar-refractivity contribution < 1.29 is 23.1 Å². The largest absolute Gasteiger partial charge is 0.476 e. The second kappa shape index (κ2) is 9.19. The summed E-state index contributed by atoms with van der Waals surface area (Å²) in [5.74, 6) is -0.859. The van der Waals surface area contributed by atoms with E-state index in [9.17, 15) is 23.1 Å². The van der Waals surface area contributed by atoms with E-state index in [1.165, 1.54) is 35.1 Å². The second-order valence-corrected chi connectivity index (χ2v) is 7.39. The number of alkyl halides is 3. The highest BCUT2D eigenvalue weighted by Gasteiger charge is 2.30. The number of hydrogen-bond donors (Lipinski definition) is 2. The molecule has 172 valence electrons. The Bertz CT molecular complexity index is 1370. The van der Waals surface area contributed by atoms with E-state index >= 15 is 0 Å². The molecule has 4 rings (SSSR count). The number of nitrogens with zero attached hydrogens (tertiary/aromatic N) is 5. The molecular formula is C23H17F3N6O2. The number of halogens is 3. The molecule has 0 radical (unpaired) electrons. The summed E-state index contributed by atoms with van der Waals surface area (Å²) in [6, 6.07) is 11.4.